The van der Waals surface area contributed by atoms with Gasteiger partial charge in [0.25, 0.3) is 0 Å². The highest BCUT2D eigenvalue weighted by atomic mass is 35.5. The molecule has 0 aliphatic heterocycles. The summed E-state index contributed by atoms with van der Waals surface area (Å²) in [6, 6.07) is 21.2. The van der Waals surface area contributed by atoms with Crippen LogP contribution in [-0.2, 0) is 36.8 Å². The molecule has 2 aliphatic carbocycles. The molecule has 276 valence electrons. The summed E-state index contributed by atoms with van der Waals surface area (Å²) in [5.41, 5.74) is 1.99. The van der Waals surface area contributed by atoms with Gasteiger partial charge in [-0.05, 0) is 68.0 Å². The van der Waals surface area contributed by atoms with Gasteiger partial charge in [0.05, 0.1) is 19.4 Å². The summed E-state index contributed by atoms with van der Waals surface area (Å²) < 4.78 is 70.0. The molecule has 7 rings (SSSR count). The lowest BCUT2D eigenvalue weighted by Crippen LogP contribution is -2.41. The molecule has 3 atom stereocenters. The van der Waals surface area contributed by atoms with Crippen LogP contribution >= 0.6 is 19.2 Å². The van der Waals surface area contributed by atoms with Gasteiger partial charge in [-0.1, -0.05) is 78.3 Å². The molecule has 1 fully saturated rings. The molecule has 2 aromatic carbocycles. The van der Waals surface area contributed by atoms with Crippen LogP contribution in [0.2, 0.25) is 0 Å². The minimum absolute atomic E-state index is 0.0471. The number of rotatable bonds is 12. The van der Waals surface area contributed by atoms with Crippen molar-refractivity contribution in [2.24, 2.45) is 0 Å². The Hall–Kier alpha value is -4.23. The Morgan fingerprint density at radius 1 is 1.04 bits per heavy atom. The van der Waals surface area contributed by atoms with E-state index in [1.54, 1.807) is 31.2 Å². The number of aromatic nitrogens is 4. The van der Waals surface area contributed by atoms with E-state index in [9.17, 15) is 18.1 Å². The van der Waals surface area contributed by atoms with Crippen molar-refractivity contribution in [1.29, 1.82) is 0 Å². The first-order valence-corrected chi connectivity index (χ1v) is 20.5. The molecule has 2 aliphatic rings. The summed E-state index contributed by atoms with van der Waals surface area (Å²) >= 11 is 6.23. The van der Waals surface area contributed by atoms with Crippen molar-refractivity contribution in [3.05, 3.63) is 132 Å². The highest BCUT2D eigenvalue weighted by Crippen LogP contribution is 2.64. The minimum Gasteiger partial charge on any atom is -0.377 e. The van der Waals surface area contributed by atoms with Crippen LogP contribution in [0.5, 0.6) is 0 Å². The maximum Gasteiger partial charge on any atom is 0.362 e. The summed E-state index contributed by atoms with van der Waals surface area (Å²) in [6.45, 7) is 1.49. The monoisotopic (exact) mass is 777 g/mol. The predicted molar refractivity (Wildman–Crippen MR) is 202 cm³/mol. The van der Waals surface area contributed by atoms with E-state index in [1.807, 2.05) is 60.7 Å². The van der Waals surface area contributed by atoms with Crippen molar-refractivity contribution < 1.29 is 31.5 Å². The van der Waals surface area contributed by atoms with E-state index in [0.29, 0.717) is 28.8 Å². The van der Waals surface area contributed by atoms with Gasteiger partial charge in [0, 0.05) is 40.8 Å². The molecule has 0 radical (unpaired) electrons. The third-order valence-electron chi connectivity index (χ3n) is 9.65. The molecule has 5 aromatic rings. The molecule has 1 unspecified atom stereocenters. The molecule has 1 saturated carbocycles. The summed E-state index contributed by atoms with van der Waals surface area (Å²) in [5.74, 6) is -0.874. The van der Waals surface area contributed by atoms with Crippen molar-refractivity contribution in [2.75, 3.05) is 5.32 Å². The van der Waals surface area contributed by atoms with Crippen LogP contribution in [0.1, 0.15) is 50.2 Å². The molecule has 0 saturated heterocycles. The van der Waals surface area contributed by atoms with Gasteiger partial charge in [-0.25, -0.2) is 31.7 Å². The summed E-state index contributed by atoms with van der Waals surface area (Å²) in [6.07, 6.45) is 9.92. The second-order valence-corrected chi connectivity index (χ2v) is 18.5. The standard InChI is InChI=1S/C38H38ClFN5O6PS/c1-37(18-8-15-29(39)21-37)53(48,49)45-24-32(31-17-10-20-41-36(31)45)34-42-23-33(40)35(44-34)43-30-16-9-19-38(46,22-30)52(47,50-25-27-11-4-2-5-12-27)51-26-28-13-6-3-7-14-28/h2-8,10-15,17,20-21,23-24,30,46H,9,16,18-19,22,25-26H2,1H3,(H,42,43,44)/t30-,37?,38+/m0/s1. The molecule has 2 N–H and O–H groups in total. The van der Waals surface area contributed by atoms with E-state index >= 15 is 4.39 Å². The fourth-order valence-electron chi connectivity index (χ4n) is 6.74. The number of nitrogens with zero attached hydrogens (tertiary/aromatic N) is 4. The van der Waals surface area contributed by atoms with E-state index in [0.717, 1.165) is 21.3 Å². The van der Waals surface area contributed by atoms with Crippen LogP contribution in [0.4, 0.5) is 10.2 Å². The molecule has 0 amide bonds. The Labute approximate surface area is 312 Å². The summed E-state index contributed by atoms with van der Waals surface area (Å²) in [5, 5.41) is 14.0. The number of nitrogens with one attached hydrogen (secondary N) is 1. The first-order chi connectivity index (χ1) is 25.4. The van der Waals surface area contributed by atoms with E-state index in [-0.39, 0.29) is 49.8 Å². The quantitative estimate of drug-likeness (QED) is 0.119. The van der Waals surface area contributed by atoms with Gasteiger partial charge in [0.2, 0.25) is 10.0 Å². The van der Waals surface area contributed by atoms with Crippen LogP contribution in [0.3, 0.4) is 0 Å². The Kier molecular flexibility index (Phi) is 10.4. The smallest absolute Gasteiger partial charge is 0.362 e. The number of fused-ring (bicyclic) bond motifs is 1. The van der Waals surface area contributed by atoms with Crippen molar-refractivity contribution >= 4 is 46.1 Å². The lowest BCUT2D eigenvalue weighted by Gasteiger charge is -2.40. The molecular formula is C38H38ClFN5O6PS. The number of halogens is 2. The molecule has 53 heavy (non-hydrogen) atoms. The topological polar surface area (TPSA) is 146 Å². The average Bonchev–Trinajstić information content (AvgIpc) is 3.55. The number of benzene rings is 2. The average molecular weight is 778 g/mol. The maximum atomic E-state index is 15.4. The van der Waals surface area contributed by atoms with Gasteiger partial charge in [-0.15, -0.1) is 0 Å². The van der Waals surface area contributed by atoms with Crippen molar-refractivity contribution in [3.63, 3.8) is 0 Å². The van der Waals surface area contributed by atoms with Gasteiger partial charge >= 0.3 is 7.60 Å². The van der Waals surface area contributed by atoms with Crippen molar-refractivity contribution in [1.82, 2.24) is 18.9 Å². The lowest BCUT2D eigenvalue weighted by molar-refractivity contribution is 0.0283. The van der Waals surface area contributed by atoms with Crippen LogP contribution in [-0.4, -0.2) is 48.6 Å². The van der Waals surface area contributed by atoms with Gasteiger partial charge in [-0.2, -0.15) is 0 Å². The van der Waals surface area contributed by atoms with Crippen LogP contribution in [0.25, 0.3) is 22.4 Å². The third-order valence-corrected chi connectivity index (χ3v) is 14.5. The van der Waals surface area contributed by atoms with Crippen LogP contribution in [0, 0.1) is 5.82 Å². The Morgan fingerprint density at radius 3 is 2.38 bits per heavy atom. The SMILES string of the molecule is CC1(S(=O)(=O)n2cc(-c3ncc(F)c(N[C@H]4CCC[C@@](O)(P(=O)(OCc5ccccc5)OCc5ccccc5)C4)n3)c3cccnc32)C=C(Cl)C=CC1. The Balaban J connectivity index is 1.17. The van der Waals surface area contributed by atoms with Crippen molar-refractivity contribution in [3.8, 4) is 11.4 Å². The molecule has 0 bridgehead atoms. The van der Waals surface area contributed by atoms with Gasteiger partial charge in [-0.3, -0.25) is 4.57 Å². The first-order valence-electron chi connectivity index (χ1n) is 17.1. The lowest BCUT2D eigenvalue weighted by atomic mass is 9.92. The number of anilines is 1. The fourth-order valence-corrected chi connectivity index (χ4v) is 10.9. The van der Waals surface area contributed by atoms with Crippen LogP contribution < -0.4 is 5.32 Å². The third kappa shape index (κ3) is 7.47. The fraction of sp³-hybridized carbons (Fsp3) is 0.289. The molecule has 11 nitrogen and oxygen atoms in total. The van der Waals surface area contributed by atoms with Crippen LogP contribution in [0.15, 0.2) is 115 Å². The minimum atomic E-state index is -4.21. The normalized spacial score (nSPS) is 22.1. The zero-order chi connectivity index (χ0) is 37.3. The Morgan fingerprint density at radius 2 is 1.72 bits per heavy atom. The van der Waals surface area contributed by atoms with Gasteiger partial charge in [0.1, 0.15) is 4.75 Å². The number of hydrogen-bond donors (Lipinski definition) is 2. The first kappa shape index (κ1) is 37.1. The van der Waals surface area contributed by atoms with Gasteiger partial charge in [0.15, 0.2) is 28.4 Å². The molecule has 0 spiro atoms. The maximum absolute atomic E-state index is 15.4. The van der Waals surface area contributed by atoms with E-state index in [4.69, 9.17) is 20.6 Å². The second-order valence-electron chi connectivity index (χ2n) is 13.5. The molecule has 15 heteroatoms. The van der Waals surface area contributed by atoms with E-state index in [1.165, 1.54) is 18.5 Å². The molecule has 3 aromatic heterocycles. The largest absolute Gasteiger partial charge is 0.377 e. The van der Waals surface area contributed by atoms with E-state index in [2.05, 4.69) is 20.3 Å². The number of pyridine rings is 1. The molecule has 3 heterocycles. The number of aliphatic hydroxyl groups is 1. The molecular weight excluding hydrogens is 740 g/mol. The van der Waals surface area contributed by atoms with E-state index < -0.39 is 39.6 Å². The number of hydrogen-bond acceptors (Lipinski definition) is 10. The zero-order valence-corrected chi connectivity index (χ0v) is 31.3. The van der Waals surface area contributed by atoms with Gasteiger partial charge < -0.3 is 19.5 Å². The highest BCUT2D eigenvalue weighted by Gasteiger charge is 2.52. The summed E-state index contributed by atoms with van der Waals surface area (Å²) in [4.78, 5) is 13.1. The summed E-state index contributed by atoms with van der Waals surface area (Å²) in [7, 11) is -8.31. The zero-order valence-electron chi connectivity index (χ0n) is 28.8. The Bertz CT molecular complexity index is 2300. The highest BCUT2D eigenvalue weighted by molar-refractivity contribution is 7.91. The predicted octanol–water partition coefficient (Wildman–Crippen LogP) is 8.32. The second kappa shape index (κ2) is 14.9. The number of allylic oxidation sites excluding steroid dienone is 3. The van der Waals surface area contributed by atoms with Crippen molar-refractivity contribution in [2.45, 2.75) is 68.4 Å².